The van der Waals surface area contributed by atoms with Gasteiger partial charge in [0.25, 0.3) is 0 Å². The predicted molar refractivity (Wildman–Crippen MR) is 61.3 cm³/mol. The van der Waals surface area contributed by atoms with E-state index in [9.17, 15) is 9.18 Å². The standard InChI is InChI=1S/C11H5BrClFO2/c12-11-7(3-4-16-11)10(15)8-5-6(14)1-2-9(8)13/h1-5H. The highest BCUT2D eigenvalue weighted by Crippen LogP contribution is 2.25. The van der Waals surface area contributed by atoms with Crippen molar-refractivity contribution in [2.24, 2.45) is 0 Å². The van der Waals surface area contributed by atoms with Crippen molar-refractivity contribution >= 4 is 33.3 Å². The molecule has 1 aromatic heterocycles. The monoisotopic (exact) mass is 302 g/mol. The summed E-state index contributed by atoms with van der Waals surface area (Å²) in [6.07, 6.45) is 1.37. The van der Waals surface area contributed by atoms with E-state index in [0.717, 1.165) is 6.07 Å². The van der Waals surface area contributed by atoms with E-state index in [2.05, 4.69) is 15.9 Å². The SMILES string of the molecule is O=C(c1cc(F)ccc1Cl)c1ccoc1Br. The summed E-state index contributed by atoms with van der Waals surface area (Å²) in [5.41, 5.74) is 0.427. The Kier molecular flexibility index (Phi) is 3.12. The first-order valence-corrected chi connectivity index (χ1v) is 5.49. The second kappa shape index (κ2) is 4.39. The number of rotatable bonds is 2. The summed E-state index contributed by atoms with van der Waals surface area (Å²) in [4.78, 5) is 12.0. The van der Waals surface area contributed by atoms with Crippen molar-refractivity contribution in [1.29, 1.82) is 0 Å². The lowest BCUT2D eigenvalue weighted by atomic mass is 10.1. The van der Waals surface area contributed by atoms with Gasteiger partial charge >= 0.3 is 0 Å². The summed E-state index contributed by atoms with van der Waals surface area (Å²) in [7, 11) is 0. The Hall–Kier alpha value is -1.13. The van der Waals surface area contributed by atoms with E-state index in [1.54, 1.807) is 0 Å². The van der Waals surface area contributed by atoms with E-state index in [4.69, 9.17) is 16.0 Å². The third-order valence-electron chi connectivity index (χ3n) is 2.04. The lowest BCUT2D eigenvalue weighted by molar-refractivity contribution is 0.103. The number of hydrogen-bond acceptors (Lipinski definition) is 2. The minimum atomic E-state index is -0.507. The molecule has 0 bridgehead atoms. The van der Waals surface area contributed by atoms with Gasteiger partial charge in [-0.1, -0.05) is 11.6 Å². The second-order valence-corrected chi connectivity index (χ2v) is 4.19. The summed E-state index contributed by atoms with van der Waals surface area (Å²) in [5, 5.41) is 0.208. The highest BCUT2D eigenvalue weighted by atomic mass is 79.9. The fraction of sp³-hybridized carbons (Fsp3) is 0. The molecule has 0 spiro atoms. The first-order valence-electron chi connectivity index (χ1n) is 4.32. The Labute approximate surface area is 104 Å². The number of halogens is 3. The fourth-order valence-electron chi connectivity index (χ4n) is 1.27. The Morgan fingerprint density at radius 2 is 2.06 bits per heavy atom. The van der Waals surface area contributed by atoms with Crippen LogP contribution in [0.2, 0.25) is 5.02 Å². The summed E-state index contributed by atoms with van der Waals surface area (Å²) in [6, 6.07) is 5.14. The molecular formula is C11H5BrClFO2. The Bertz CT molecular complexity index is 551. The molecule has 16 heavy (non-hydrogen) atoms. The molecule has 2 aromatic rings. The molecule has 0 N–H and O–H groups in total. The lowest BCUT2D eigenvalue weighted by Crippen LogP contribution is -2.02. The van der Waals surface area contributed by atoms with Gasteiger partial charge in [-0.2, -0.15) is 0 Å². The molecule has 2 nitrogen and oxygen atoms in total. The number of carbonyl (C=O) groups excluding carboxylic acids is 1. The molecule has 5 heteroatoms. The zero-order valence-corrected chi connectivity index (χ0v) is 10.2. The summed E-state index contributed by atoms with van der Waals surface area (Å²) >= 11 is 8.91. The van der Waals surface area contributed by atoms with Crippen molar-refractivity contribution in [3.8, 4) is 0 Å². The number of furan rings is 1. The van der Waals surface area contributed by atoms with Gasteiger partial charge in [-0.05, 0) is 40.2 Å². The van der Waals surface area contributed by atoms with Gasteiger partial charge in [0, 0.05) is 5.56 Å². The molecular weight excluding hydrogens is 298 g/mol. The van der Waals surface area contributed by atoms with Gasteiger partial charge in [0.2, 0.25) is 0 Å². The van der Waals surface area contributed by atoms with Crippen LogP contribution in [0.15, 0.2) is 39.6 Å². The van der Waals surface area contributed by atoms with Gasteiger partial charge in [-0.3, -0.25) is 4.79 Å². The van der Waals surface area contributed by atoms with Crippen LogP contribution in [-0.4, -0.2) is 5.78 Å². The summed E-state index contributed by atoms with van der Waals surface area (Å²) < 4.78 is 18.2. The molecule has 0 fully saturated rings. The van der Waals surface area contributed by atoms with Gasteiger partial charge in [0.05, 0.1) is 16.8 Å². The zero-order chi connectivity index (χ0) is 11.7. The van der Waals surface area contributed by atoms with Crippen molar-refractivity contribution < 1.29 is 13.6 Å². The normalized spacial score (nSPS) is 10.4. The molecule has 2 rings (SSSR count). The molecule has 1 aromatic carbocycles. The molecule has 0 aliphatic heterocycles. The number of hydrogen-bond donors (Lipinski definition) is 0. The van der Waals surface area contributed by atoms with Crippen LogP contribution in [0.3, 0.4) is 0 Å². The van der Waals surface area contributed by atoms with Crippen LogP contribution in [0, 0.1) is 5.82 Å². The molecule has 0 atom stereocenters. The first kappa shape index (κ1) is 11.4. The van der Waals surface area contributed by atoms with Crippen molar-refractivity contribution in [3.63, 3.8) is 0 Å². The van der Waals surface area contributed by atoms with E-state index in [0.29, 0.717) is 10.2 Å². The lowest BCUT2D eigenvalue weighted by Gasteiger charge is -2.01. The Morgan fingerprint density at radius 3 is 2.69 bits per heavy atom. The number of carbonyl (C=O) groups is 1. The highest BCUT2D eigenvalue weighted by molar-refractivity contribution is 9.10. The van der Waals surface area contributed by atoms with E-state index < -0.39 is 5.82 Å². The minimum Gasteiger partial charge on any atom is -0.457 e. The maximum absolute atomic E-state index is 13.0. The fourth-order valence-corrected chi connectivity index (χ4v) is 1.90. The minimum absolute atomic E-state index is 0.115. The highest BCUT2D eigenvalue weighted by Gasteiger charge is 2.18. The Morgan fingerprint density at radius 1 is 1.31 bits per heavy atom. The van der Waals surface area contributed by atoms with Gasteiger partial charge in [-0.25, -0.2) is 4.39 Å². The average molecular weight is 304 g/mol. The van der Waals surface area contributed by atoms with E-state index in [1.807, 2.05) is 0 Å². The van der Waals surface area contributed by atoms with E-state index in [-0.39, 0.29) is 16.4 Å². The van der Waals surface area contributed by atoms with Gasteiger partial charge in [0.15, 0.2) is 10.5 Å². The third-order valence-corrected chi connectivity index (χ3v) is 2.98. The van der Waals surface area contributed by atoms with E-state index in [1.165, 1.54) is 24.5 Å². The summed E-state index contributed by atoms with van der Waals surface area (Å²) in [5.74, 6) is -0.891. The molecule has 1 heterocycles. The molecule has 0 aliphatic carbocycles. The van der Waals surface area contributed by atoms with Gasteiger partial charge in [-0.15, -0.1) is 0 Å². The van der Waals surface area contributed by atoms with Crippen molar-refractivity contribution in [1.82, 2.24) is 0 Å². The number of benzene rings is 1. The van der Waals surface area contributed by atoms with Crippen molar-refractivity contribution in [3.05, 3.63) is 57.2 Å². The average Bonchev–Trinajstić information content (AvgIpc) is 2.67. The van der Waals surface area contributed by atoms with Gasteiger partial charge in [0.1, 0.15) is 5.82 Å². The topological polar surface area (TPSA) is 30.2 Å². The quantitative estimate of drug-likeness (QED) is 0.783. The molecule has 82 valence electrons. The maximum Gasteiger partial charge on any atom is 0.199 e. The zero-order valence-electron chi connectivity index (χ0n) is 7.84. The third kappa shape index (κ3) is 2.03. The van der Waals surface area contributed by atoms with Crippen LogP contribution in [0.1, 0.15) is 15.9 Å². The molecule has 0 amide bonds. The van der Waals surface area contributed by atoms with Crippen LogP contribution in [-0.2, 0) is 0 Å². The van der Waals surface area contributed by atoms with Crippen LogP contribution in [0.4, 0.5) is 4.39 Å². The predicted octanol–water partition coefficient (Wildman–Crippen LogP) is 4.07. The summed E-state index contributed by atoms with van der Waals surface area (Å²) in [6.45, 7) is 0. The molecule has 0 saturated carbocycles. The largest absolute Gasteiger partial charge is 0.457 e. The van der Waals surface area contributed by atoms with Gasteiger partial charge < -0.3 is 4.42 Å². The van der Waals surface area contributed by atoms with Crippen LogP contribution in [0.25, 0.3) is 0 Å². The smallest absolute Gasteiger partial charge is 0.199 e. The van der Waals surface area contributed by atoms with Crippen LogP contribution >= 0.6 is 27.5 Å². The molecule has 0 saturated heterocycles. The van der Waals surface area contributed by atoms with Crippen LogP contribution in [0.5, 0.6) is 0 Å². The van der Waals surface area contributed by atoms with Crippen LogP contribution < -0.4 is 0 Å². The maximum atomic E-state index is 13.0. The van der Waals surface area contributed by atoms with E-state index >= 15 is 0 Å². The Balaban J connectivity index is 2.49. The van der Waals surface area contributed by atoms with Crippen molar-refractivity contribution in [2.75, 3.05) is 0 Å². The second-order valence-electron chi connectivity index (χ2n) is 3.06. The molecule has 0 unspecified atom stereocenters. The number of ketones is 1. The molecule has 0 radical (unpaired) electrons. The van der Waals surface area contributed by atoms with Crippen molar-refractivity contribution in [2.45, 2.75) is 0 Å². The first-order chi connectivity index (χ1) is 7.59. The molecule has 0 aliphatic rings.